The molecule has 0 saturated carbocycles. The molecule has 0 aliphatic carbocycles. The second kappa shape index (κ2) is 8.68. The smallest absolute Gasteiger partial charge is 0.340 e. The zero-order valence-electron chi connectivity index (χ0n) is 13.1. The van der Waals surface area contributed by atoms with E-state index in [1.165, 1.54) is 11.1 Å². The van der Waals surface area contributed by atoms with E-state index >= 15 is 0 Å². The van der Waals surface area contributed by atoms with Crippen LogP contribution in [0.5, 0.6) is 5.75 Å². The molecule has 2 aromatic rings. The fourth-order valence-corrected chi connectivity index (χ4v) is 3.05. The predicted molar refractivity (Wildman–Crippen MR) is 90.7 cm³/mol. The first-order valence-corrected chi connectivity index (χ1v) is 8.85. The number of aromatic amines is 2. The second-order valence-corrected chi connectivity index (χ2v) is 6.10. The molecule has 0 radical (unpaired) electrons. The molecular formula is C16H23N3O2S. The quantitative estimate of drug-likeness (QED) is 0.697. The number of benzene rings is 1. The van der Waals surface area contributed by atoms with Gasteiger partial charge in [0.2, 0.25) is 0 Å². The summed E-state index contributed by atoms with van der Waals surface area (Å²) in [6, 6.07) is 6.37. The van der Waals surface area contributed by atoms with E-state index in [1.807, 2.05) is 0 Å². The van der Waals surface area contributed by atoms with Gasteiger partial charge in [0.25, 0.3) is 0 Å². The van der Waals surface area contributed by atoms with Gasteiger partial charge < -0.3 is 4.74 Å². The van der Waals surface area contributed by atoms with Gasteiger partial charge in [-0.3, -0.25) is 4.98 Å². The zero-order chi connectivity index (χ0) is 15.8. The molecule has 22 heavy (non-hydrogen) atoms. The number of H-pyrrole nitrogens is 2. The summed E-state index contributed by atoms with van der Waals surface area (Å²) in [4.78, 5) is 13.5. The Balaban J connectivity index is 1.73. The molecule has 0 saturated heterocycles. The fraction of sp³-hybridized carbons (Fsp3) is 0.500. The molecule has 0 aliphatic heterocycles. The maximum atomic E-state index is 10.9. The van der Waals surface area contributed by atoms with Gasteiger partial charge in [-0.05, 0) is 36.1 Å². The predicted octanol–water partition coefficient (Wildman–Crippen LogP) is 2.93. The molecule has 0 aliphatic rings. The van der Waals surface area contributed by atoms with Gasteiger partial charge in [-0.15, -0.1) is 0 Å². The molecule has 2 rings (SSSR count). The summed E-state index contributed by atoms with van der Waals surface area (Å²) >= 11 is 1.74. The van der Waals surface area contributed by atoms with E-state index < -0.39 is 0 Å². The molecule has 120 valence electrons. The molecular weight excluding hydrogens is 298 g/mol. The van der Waals surface area contributed by atoms with Crippen LogP contribution >= 0.6 is 11.8 Å². The van der Waals surface area contributed by atoms with Crippen molar-refractivity contribution in [3.63, 3.8) is 0 Å². The fourth-order valence-electron chi connectivity index (χ4n) is 2.26. The molecule has 0 bridgehead atoms. The molecule has 0 atom stereocenters. The van der Waals surface area contributed by atoms with Crippen LogP contribution in [0.3, 0.4) is 0 Å². The maximum Gasteiger partial charge on any atom is 0.340 e. The number of hydrogen-bond donors (Lipinski definition) is 2. The lowest BCUT2D eigenvalue weighted by molar-refractivity contribution is 0.312. The molecule has 0 fully saturated rings. The molecule has 1 heterocycles. The number of thioether (sulfide) groups is 1. The first-order chi connectivity index (χ1) is 10.7. The number of aromatic nitrogens is 3. The number of hydrogen-bond acceptors (Lipinski definition) is 4. The van der Waals surface area contributed by atoms with E-state index in [-0.39, 0.29) is 5.69 Å². The minimum atomic E-state index is -0.248. The van der Waals surface area contributed by atoms with Gasteiger partial charge in [0, 0.05) is 0 Å². The second-order valence-electron chi connectivity index (χ2n) is 4.99. The molecule has 0 unspecified atom stereocenters. The van der Waals surface area contributed by atoms with Crippen LogP contribution in [0.25, 0.3) is 0 Å². The van der Waals surface area contributed by atoms with Gasteiger partial charge in [-0.1, -0.05) is 32.0 Å². The highest BCUT2D eigenvalue weighted by Gasteiger charge is 2.07. The molecule has 2 N–H and O–H groups in total. The van der Waals surface area contributed by atoms with E-state index in [9.17, 15) is 4.79 Å². The Hall–Kier alpha value is -1.69. The zero-order valence-corrected chi connectivity index (χ0v) is 14.0. The van der Waals surface area contributed by atoms with Crippen LogP contribution in [0.4, 0.5) is 0 Å². The van der Waals surface area contributed by atoms with Crippen molar-refractivity contribution in [1.29, 1.82) is 0 Å². The standard InChI is InChI=1S/C16H23N3O2S/c1-3-12-7-5-8-13(4-2)15(12)21-9-6-10-22-11-14-17-16(20)19-18-14/h5,7-8H,3-4,6,9-11H2,1-2H3,(H2,17,18,19,20). The lowest BCUT2D eigenvalue weighted by Crippen LogP contribution is -2.04. The molecule has 0 spiro atoms. The van der Waals surface area contributed by atoms with Gasteiger partial charge >= 0.3 is 5.69 Å². The topological polar surface area (TPSA) is 70.8 Å². The summed E-state index contributed by atoms with van der Waals surface area (Å²) in [7, 11) is 0. The van der Waals surface area contributed by atoms with Crippen LogP contribution in [-0.4, -0.2) is 27.5 Å². The van der Waals surface area contributed by atoms with E-state index in [1.54, 1.807) is 11.8 Å². The molecule has 6 heteroatoms. The van der Waals surface area contributed by atoms with Crippen LogP contribution < -0.4 is 10.4 Å². The Morgan fingerprint density at radius 1 is 1.23 bits per heavy atom. The Bertz CT molecular complexity index is 614. The van der Waals surface area contributed by atoms with E-state index in [4.69, 9.17) is 4.74 Å². The first-order valence-electron chi connectivity index (χ1n) is 7.69. The summed E-state index contributed by atoms with van der Waals surface area (Å²) < 4.78 is 6.01. The van der Waals surface area contributed by atoms with Crippen LogP contribution in [0.1, 0.15) is 37.2 Å². The molecule has 1 aromatic heterocycles. The van der Waals surface area contributed by atoms with Crippen molar-refractivity contribution in [1.82, 2.24) is 15.2 Å². The van der Waals surface area contributed by atoms with Gasteiger partial charge in [0.05, 0.1) is 12.4 Å². The lowest BCUT2D eigenvalue weighted by atomic mass is 10.1. The molecule has 5 nitrogen and oxygen atoms in total. The summed E-state index contributed by atoms with van der Waals surface area (Å²) in [5.41, 5.74) is 2.31. The Morgan fingerprint density at radius 3 is 2.55 bits per heavy atom. The Morgan fingerprint density at radius 2 is 1.95 bits per heavy atom. The summed E-state index contributed by atoms with van der Waals surface area (Å²) in [5, 5.41) is 6.25. The van der Waals surface area contributed by atoms with Crippen LogP contribution in [0, 0.1) is 0 Å². The first kappa shape index (κ1) is 16.7. The Labute approximate surface area is 134 Å². The average molecular weight is 321 g/mol. The summed E-state index contributed by atoms with van der Waals surface area (Å²) in [6.07, 6.45) is 2.95. The lowest BCUT2D eigenvalue weighted by Gasteiger charge is -2.14. The number of para-hydroxylation sites is 1. The van der Waals surface area contributed by atoms with Crippen LogP contribution in [0.15, 0.2) is 23.0 Å². The molecule has 0 amide bonds. The monoisotopic (exact) mass is 321 g/mol. The van der Waals surface area contributed by atoms with Crippen LogP contribution in [0.2, 0.25) is 0 Å². The normalized spacial score (nSPS) is 10.8. The van der Waals surface area contributed by atoms with E-state index in [0.29, 0.717) is 18.2 Å². The van der Waals surface area contributed by atoms with Crippen molar-refractivity contribution in [2.45, 2.75) is 38.9 Å². The van der Waals surface area contributed by atoms with Gasteiger partial charge in [0.1, 0.15) is 11.6 Å². The SMILES string of the molecule is CCc1cccc(CC)c1OCCCSCc1n[nH]c(=O)[nH]1. The third-order valence-electron chi connectivity index (χ3n) is 3.41. The van der Waals surface area contributed by atoms with Crippen molar-refractivity contribution in [3.05, 3.63) is 45.6 Å². The highest BCUT2D eigenvalue weighted by atomic mass is 32.2. The minimum absolute atomic E-state index is 0.248. The summed E-state index contributed by atoms with van der Waals surface area (Å²) in [5.74, 6) is 3.45. The highest BCUT2D eigenvalue weighted by molar-refractivity contribution is 7.98. The third-order valence-corrected chi connectivity index (χ3v) is 4.46. The van der Waals surface area contributed by atoms with Crippen molar-refractivity contribution in [3.8, 4) is 5.75 Å². The van der Waals surface area contributed by atoms with Crippen molar-refractivity contribution < 1.29 is 4.74 Å². The number of rotatable bonds is 9. The minimum Gasteiger partial charge on any atom is -0.493 e. The van der Waals surface area contributed by atoms with Gasteiger partial charge in [0.15, 0.2) is 0 Å². The number of aryl methyl sites for hydroxylation is 2. The van der Waals surface area contributed by atoms with E-state index in [2.05, 4.69) is 47.2 Å². The van der Waals surface area contributed by atoms with Crippen LogP contribution in [-0.2, 0) is 18.6 Å². The van der Waals surface area contributed by atoms with Gasteiger partial charge in [-0.25, -0.2) is 9.89 Å². The number of nitrogens with zero attached hydrogens (tertiary/aromatic N) is 1. The number of nitrogens with one attached hydrogen (secondary N) is 2. The summed E-state index contributed by atoms with van der Waals surface area (Å²) in [6.45, 7) is 5.03. The maximum absolute atomic E-state index is 10.9. The van der Waals surface area contributed by atoms with Gasteiger partial charge in [-0.2, -0.15) is 16.9 Å². The van der Waals surface area contributed by atoms with Crippen molar-refractivity contribution in [2.24, 2.45) is 0 Å². The molecule has 1 aromatic carbocycles. The largest absolute Gasteiger partial charge is 0.493 e. The Kier molecular flexibility index (Phi) is 6.58. The van der Waals surface area contributed by atoms with Crippen molar-refractivity contribution >= 4 is 11.8 Å². The average Bonchev–Trinajstić information content (AvgIpc) is 2.95. The number of ether oxygens (including phenoxy) is 1. The highest BCUT2D eigenvalue weighted by Crippen LogP contribution is 2.25. The third kappa shape index (κ3) is 4.66. The van der Waals surface area contributed by atoms with Crippen molar-refractivity contribution in [2.75, 3.05) is 12.4 Å². The van der Waals surface area contributed by atoms with E-state index in [0.717, 1.165) is 30.8 Å².